The molecule has 0 aliphatic rings. The second kappa shape index (κ2) is 7.40. The van der Waals surface area contributed by atoms with Gasteiger partial charge in [-0.3, -0.25) is 4.79 Å². The minimum atomic E-state index is -0.615. The second-order valence-electron chi connectivity index (χ2n) is 6.02. The second-order valence-corrected chi connectivity index (χ2v) is 6.83. The van der Waals surface area contributed by atoms with Gasteiger partial charge in [-0.05, 0) is 42.5 Å². The number of aromatic nitrogens is 2. The summed E-state index contributed by atoms with van der Waals surface area (Å²) in [6, 6.07) is 19.3. The van der Waals surface area contributed by atoms with Crippen LogP contribution in [0.3, 0.4) is 0 Å². The first-order valence-electron chi connectivity index (χ1n) is 8.35. The number of rotatable bonds is 1. The van der Waals surface area contributed by atoms with Crippen LogP contribution in [0.5, 0.6) is 0 Å². The van der Waals surface area contributed by atoms with E-state index in [-0.39, 0.29) is 10.7 Å². The Balaban J connectivity index is 1.82. The Morgan fingerprint density at radius 2 is 1.54 bits per heavy atom. The molecule has 4 rings (SSSR count). The first-order valence-corrected chi connectivity index (χ1v) is 9.11. The maximum Gasteiger partial charge on any atom is 0.333 e. The lowest BCUT2D eigenvalue weighted by Gasteiger charge is -2.09. The highest BCUT2D eigenvalue weighted by Crippen LogP contribution is 2.21. The zero-order valence-electron chi connectivity index (χ0n) is 14.4. The Morgan fingerprint density at radius 1 is 0.786 bits per heavy atom. The minimum Gasteiger partial charge on any atom is -0.305 e. The molecule has 0 saturated carbocycles. The molecule has 0 fully saturated rings. The van der Waals surface area contributed by atoms with E-state index in [1.807, 2.05) is 30.3 Å². The van der Waals surface area contributed by atoms with E-state index < -0.39 is 11.2 Å². The highest BCUT2D eigenvalue weighted by molar-refractivity contribution is 6.35. The molecule has 0 aliphatic heterocycles. The van der Waals surface area contributed by atoms with Gasteiger partial charge in [-0.25, -0.2) is 9.36 Å². The third-order valence-electron chi connectivity index (χ3n) is 4.20. The quantitative estimate of drug-likeness (QED) is 0.476. The molecule has 3 aromatic carbocycles. The molecule has 0 aliphatic carbocycles. The number of hydrogen-bond donors (Lipinski definition) is 1. The summed E-state index contributed by atoms with van der Waals surface area (Å²) in [5, 5.41) is 0.849. The van der Waals surface area contributed by atoms with Crippen molar-refractivity contribution < 1.29 is 0 Å². The number of H-pyrrole nitrogens is 1. The number of nitrogens with one attached hydrogen (secondary N) is 1. The van der Waals surface area contributed by atoms with Crippen LogP contribution in [-0.4, -0.2) is 9.55 Å². The molecule has 28 heavy (non-hydrogen) atoms. The van der Waals surface area contributed by atoms with Crippen LogP contribution in [0.25, 0.3) is 16.6 Å². The van der Waals surface area contributed by atoms with Crippen molar-refractivity contribution in [3.63, 3.8) is 0 Å². The van der Waals surface area contributed by atoms with Gasteiger partial charge >= 0.3 is 5.69 Å². The summed E-state index contributed by atoms with van der Waals surface area (Å²) < 4.78 is 0.995. The summed E-state index contributed by atoms with van der Waals surface area (Å²) >= 11 is 12.4. The molecule has 0 radical (unpaired) electrons. The largest absolute Gasteiger partial charge is 0.333 e. The first kappa shape index (κ1) is 18.1. The molecule has 0 bridgehead atoms. The van der Waals surface area contributed by atoms with Crippen LogP contribution < -0.4 is 11.2 Å². The summed E-state index contributed by atoms with van der Waals surface area (Å²) in [4.78, 5) is 28.0. The van der Waals surface area contributed by atoms with E-state index in [1.54, 1.807) is 36.4 Å². The Kier molecular flexibility index (Phi) is 4.79. The highest BCUT2D eigenvalue weighted by atomic mass is 35.5. The van der Waals surface area contributed by atoms with E-state index in [1.165, 1.54) is 0 Å². The van der Waals surface area contributed by atoms with Crippen molar-refractivity contribution in [3.8, 4) is 17.5 Å². The van der Waals surface area contributed by atoms with Gasteiger partial charge in [-0.2, -0.15) is 0 Å². The molecule has 0 saturated heterocycles. The van der Waals surface area contributed by atoms with Crippen LogP contribution in [-0.2, 0) is 0 Å². The van der Waals surface area contributed by atoms with E-state index in [0.29, 0.717) is 21.5 Å². The van der Waals surface area contributed by atoms with Crippen LogP contribution in [0, 0.1) is 11.8 Å². The Morgan fingerprint density at radius 3 is 2.29 bits per heavy atom. The third-order valence-corrected chi connectivity index (χ3v) is 4.81. The van der Waals surface area contributed by atoms with Crippen molar-refractivity contribution in [1.29, 1.82) is 0 Å². The van der Waals surface area contributed by atoms with Gasteiger partial charge in [0.1, 0.15) is 0 Å². The van der Waals surface area contributed by atoms with Crippen LogP contribution in [0.2, 0.25) is 10.0 Å². The summed E-state index contributed by atoms with van der Waals surface area (Å²) in [7, 11) is 0. The predicted molar refractivity (Wildman–Crippen MR) is 113 cm³/mol. The van der Waals surface area contributed by atoms with Crippen LogP contribution in [0.4, 0.5) is 0 Å². The lowest BCUT2D eigenvalue weighted by molar-refractivity contribution is 0.901. The van der Waals surface area contributed by atoms with E-state index in [0.717, 1.165) is 10.1 Å². The molecule has 1 heterocycles. The van der Waals surface area contributed by atoms with Crippen molar-refractivity contribution >= 4 is 34.1 Å². The SMILES string of the molecule is O=c1[nH]c2c(Cl)cccc2c(=O)n1-c1ccc(C#Cc2ccccc2)cc1Cl. The summed E-state index contributed by atoms with van der Waals surface area (Å²) in [5.41, 5.74) is 1.02. The van der Waals surface area contributed by atoms with Gasteiger partial charge in [0.2, 0.25) is 0 Å². The summed E-state index contributed by atoms with van der Waals surface area (Å²) in [6.45, 7) is 0. The molecule has 0 atom stereocenters. The highest BCUT2D eigenvalue weighted by Gasteiger charge is 2.13. The lowest BCUT2D eigenvalue weighted by atomic mass is 10.1. The minimum absolute atomic E-state index is 0.244. The molecular formula is C22H12Cl2N2O2. The fourth-order valence-electron chi connectivity index (χ4n) is 2.86. The van der Waals surface area contributed by atoms with E-state index in [4.69, 9.17) is 23.2 Å². The maximum absolute atomic E-state index is 12.8. The summed E-state index contributed by atoms with van der Waals surface area (Å²) in [6.07, 6.45) is 0. The molecule has 0 unspecified atom stereocenters. The fraction of sp³-hybridized carbons (Fsp3) is 0. The van der Waals surface area contributed by atoms with Crippen LogP contribution in [0.1, 0.15) is 11.1 Å². The van der Waals surface area contributed by atoms with Gasteiger partial charge in [-0.15, -0.1) is 0 Å². The molecule has 136 valence electrons. The third kappa shape index (κ3) is 3.34. The Hall–Kier alpha value is -3.26. The lowest BCUT2D eigenvalue weighted by Crippen LogP contribution is -2.33. The number of aromatic amines is 1. The van der Waals surface area contributed by atoms with Gasteiger partial charge in [0.25, 0.3) is 5.56 Å². The van der Waals surface area contributed by atoms with Crippen LogP contribution in [0.15, 0.2) is 76.3 Å². The molecule has 1 N–H and O–H groups in total. The molecule has 6 heteroatoms. The summed E-state index contributed by atoms with van der Waals surface area (Å²) in [5.74, 6) is 6.06. The van der Waals surface area contributed by atoms with E-state index >= 15 is 0 Å². The van der Waals surface area contributed by atoms with Crippen molar-refractivity contribution in [1.82, 2.24) is 9.55 Å². The predicted octanol–water partition coefficient (Wildman–Crippen LogP) is 4.39. The van der Waals surface area contributed by atoms with Crippen molar-refractivity contribution in [2.24, 2.45) is 0 Å². The van der Waals surface area contributed by atoms with Gasteiger partial charge in [0.05, 0.1) is 26.6 Å². The van der Waals surface area contributed by atoms with E-state index in [2.05, 4.69) is 16.8 Å². The van der Waals surface area contributed by atoms with Crippen molar-refractivity contribution in [2.45, 2.75) is 0 Å². The number of hydrogen-bond acceptors (Lipinski definition) is 2. The Bertz CT molecular complexity index is 1380. The van der Waals surface area contributed by atoms with Gasteiger partial charge < -0.3 is 4.98 Å². The smallest absolute Gasteiger partial charge is 0.305 e. The van der Waals surface area contributed by atoms with Crippen LogP contribution >= 0.6 is 23.2 Å². The van der Waals surface area contributed by atoms with Crippen molar-refractivity contribution in [2.75, 3.05) is 0 Å². The molecule has 1 aromatic heterocycles. The average molecular weight is 407 g/mol. The number of nitrogens with zero attached hydrogens (tertiary/aromatic N) is 1. The maximum atomic E-state index is 12.8. The van der Waals surface area contributed by atoms with Gasteiger partial charge in [0.15, 0.2) is 0 Å². The van der Waals surface area contributed by atoms with E-state index in [9.17, 15) is 9.59 Å². The average Bonchev–Trinajstić information content (AvgIpc) is 2.69. The number of para-hydroxylation sites is 1. The number of fused-ring (bicyclic) bond motifs is 1. The Labute approximate surface area is 170 Å². The zero-order chi connectivity index (χ0) is 19.7. The van der Waals surface area contributed by atoms with Gasteiger partial charge in [0, 0.05) is 11.1 Å². The van der Waals surface area contributed by atoms with Crippen molar-refractivity contribution in [3.05, 3.63) is 109 Å². The standard InChI is InChI=1S/C22H12Cl2N2O2/c23-17-8-4-7-16-20(17)25-22(28)26(21(16)27)19-12-11-15(13-18(19)24)10-9-14-5-2-1-3-6-14/h1-8,11-13H,(H,25,28). The molecule has 0 amide bonds. The normalized spacial score (nSPS) is 10.5. The first-order chi connectivity index (χ1) is 13.5. The topological polar surface area (TPSA) is 54.9 Å². The zero-order valence-corrected chi connectivity index (χ0v) is 15.9. The van der Waals surface area contributed by atoms with Gasteiger partial charge in [-0.1, -0.05) is 59.3 Å². The fourth-order valence-corrected chi connectivity index (χ4v) is 3.34. The molecule has 4 nitrogen and oxygen atoms in total. The molecular weight excluding hydrogens is 395 g/mol. The molecule has 0 spiro atoms. The molecule has 4 aromatic rings. The monoisotopic (exact) mass is 406 g/mol. The number of benzene rings is 3. The number of halogens is 2.